The highest BCUT2D eigenvalue weighted by molar-refractivity contribution is 5.84. The zero-order valence-corrected chi connectivity index (χ0v) is 11.4. The predicted octanol–water partition coefficient (Wildman–Crippen LogP) is 2.05. The fourth-order valence-electron chi connectivity index (χ4n) is 3.13. The van der Waals surface area contributed by atoms with Crippen molar-refractivity contribution >= 4 is 5.78 Å². The minimum atomic E-state index is 0.350. The number of ketones is 1. The van der Waals surface area contributed by atoms with Crippen LogP contribution in [0.1, 0.15) is 18.4 Å². The third-order valence-electron chi connectivity index (χ3n) is 4.02. The Morgan fingerprint density at radius 2 is 1.95 bits per heavy atom. The highest BCUT2D eigenvalue weighted by Crippen LogP contribution is 2.27. The number of rotatable bonds is 2. The van der Waals surface area contributed by atoms with E-state index < -0.39 is 0 Å². The first-order valence-corrected chi connectivity index (χ1v) is 6.92. The summed E-state index contributed by atoms with van der Waals surface area (Å²) < 4.78 is 0. The second-order valence-corrected chi connectivity index (χ2v) is 5.57. The minimum absolute atomic E-state index is 0.350. The van der Waals surface area contributed by atoms with Gasteiger partial charge in [0, 0.05) is 45.2 Å². The van der Waals surface area contributed by atoms with Gasteiger partial charge in [-0.3, -0.25) is 9.69 Å². The first-order chi connectivity index (χ1) is 9.22. The smallest absolute Gasteiger partial charge is 0.156 e. The highest BCUT2D eigenvalue weighted by atomic mass is 16.1. The summed E-state index contributed by atoms with van der Waals surface area (Å²) in [5.41, 5.74) is 4.09. The van der Waals surface area contributed by atoms with Crippen LogP contribution in [0.3, 0.4) is 0 Å². The van der Waals surface area contributed by atoms with E-state index in [4.69, 9.17) is 0 Å². The molecule has 0 radical (unpaired) electrons. The Kier molecular flexibility index (Phi) is 3.38. The standard InChI is InChI=1S/C16H20N2O/c1-17-12-15(19)9-14-11-18(8-7-16(14)17)10-13-5-3-2-4-6-13/h2-6H,7-12H2,1H3. The number of hydrogen-bond donors (Lipinski definition) is 0. The molecule has 2 aliphatic heterocycles. The van der Waals surface area contributed by atoms with Crippen molar-refractivity contribution in [3.63, 3.8) is 0 Å². The molecule has 0 fully saturated rings. The van der Waals surface area contributed by atoms with Gasteiger partial charge in [0.1, 0.15) is 0 Å². The van der Waals surface area contributed by atoms with E-state index in [1.165, 1.54) is 16.8 Å². The molecule has 1 aromatic carbocycles. The number of likely N-dealkylation sites (N-methyl/N-ethyl adjacent to an activating group) is 1. The fourth-order valence-corrected chi connectivity index (χ4v) is 3.13. The van der Waals surface area contributed by atoms with Gasteiger partial charge in [-0.05, 0) is 11.1 Å². The average molecular weight is 256 g/mol. The molecule has 2 heterocycles. The lowest BCUT2D eigenvalue weighted by molar-refractivity contribution is -0.119. The zero-order chi connectivity index (χ0) is 13.2. The minimum Gasteiger partial charge on any atom is -0.370 e. The molecule has 0 saturated carbocycles. The van der Waals surface area contributed by atoms with Crippen LogP contribution in [0.5, 0.6) is 0 Å². The number of carbonyl (C=O) groups is 1. The number of Topliss-reactive ketones (excluding diaryl/α,β-unsaturated/α-hetero) is 1. The van der Waals surface area contributed by atoms with Gasteiger partial charge in [-0.15, -0.1) is 0 Å². The van der Waals surface area contributed by atoms with Crippen molar-refractivity contribution in [2.75, 3.05) is 26.7 Å². The van der Waals surface area contributed by atoms with Gasteiger partial charge in [-0.25, -0.2) is 0 Å². The van der Waals surface area contributed by atoms with Gasteiger partial charge in [-0.1, -0.05) is 30.3 Å². The molecule has 0 saturated heterocycles. The third-order valence-corrected chi connectivity index (χ3v) is 4.02. The third kappa shape index (κ3) is 2.71. The van der Waals surface area contributed by atoms with E-state index >= 15 is 0 Å². The van der Waals surface area contributed by atoms with E-state index in [0.29, 0.717) is 18.7 Å². The first-order valence-electron chi connectivity index (χ1n) is 6.92. The Hall–Kier alpha value is -1.61. The summed E-state index contributed by atoms with van der Waals surface area (Å²) in [5.74, 6) is 0.350. The molecule has 3 nitrogen and oxygen atoms in total. The van der Waals surface area contributed by atoms with Crippen LogP contribution in [0.2, 0.25) is 0 Å². The SMILES string of the molecule is CN1CC(=O)CC2=C1CCN(Cc1ccccc1)C2. The van der Waals surface area contributed by atoms with Crippen LogP contribution in [0, 0.1) is 0 Å². The second kappa shape index (κ2) is 5.17. The van der Waals surface area contributed by atoms with Crippen molar-refractivity contribution in [3.05, 3.63) is 47.2 Å². The van der Waals surface area contributed by atoms with Gasteiger partial charge in [0.15, 0.2) is 5.78 Å². The Labute approximate surface area is 114 Å². The van der Waals surface area contributed by atoms with Crippen LogP contribution in [-0.2, 0) is 11.3 Å². The molecule has 100 valence electrons. The van der Waals surface area contributed by atoms with Gasteiger partial charge in [0.25, 0.3) is 0 Å². The second-order valence-electron chi connectivity index (χ2n) is 5.57. The fraction of sp³-hybridized carbons (Fsp3) is 0.438. The van der Waals surface area contributed by atoms with Crippen LogP contribution >= 0.6 is 0 Å². The quantitative estimate of drug-likeness (QED) is 0.809. The molecule has 3 rings (SSSR count). The molecule has 0 spiro atoms. The predicted molar refractivity (Wildman–Crippen MR) is 75.6 cm³/mol. The molecular weight excluding hydrogens is 236 g/mol. The molecule has 0 aliphatic carbocycles. The number of hydrogen-bond acceptors (Lipinski definition) is 3. The molecule has 0 unspecified atom stereocenters. The van der Waals surface area contributed by atoms with Gasteiger partial charge in [-0.2, -0.15) is 0 Å². The lowest BCUT2D eigenvalue weighted by Gasteiger charge is -2.37. The average Bonchev–Trinajstić information content (AvgIpc) is 2.39. The van der Waals surface area contributed by atoms with Crippen LogP contribution in [0.25, 0.3) is 0 Å². The van der Waals surface area contributed by atoms with Crippen LogP contribution in [0.15, 0.2) is 41.6 Å². The summed E-state index contributed by atoms with van der Waals surface area (Å²) in [6, 6.07) is 10.6. The summed E-state index contributed by atoms with van der Waals surface area (Å²) >= 11 is 0. The maximum absolute atomic E-state index is 11.7. The molecule has 0 amide bonds. The molecule has 19 heavy (non-hydrogen) atoms. The van der Waals surface area contributed by atoms with Crippen molar-refractivity contribution < 1.29 is 4.79 Å². The first kappa shape index (κ1) is 12.4. The van der Waals surface area contributed by atoms with E-state index in [-0.39, 0.29) is 0 Å². The van der Waals surface area contributed by atoms with Crippen molar-refractivity contribution in [2.45, 2.75) is 19.4 Å². The maximum Gasteiger partial charge on any atom is 0.156 e. The molecule has 0 bridgehead atoms. The van der Waals surface area contributed by atoms with Crippen LogP contribution < -0.4 is 0 Å². The Bertz CT molecular complexity index is 507. The van der Waals surface area contributed by atoms with Crippen molar-refractivity contribution in [2.24, 2.45) is 0 Å². The lowest BCUT2D eigenvalue weighted by atomic mass is 9.95. The molecular formula is C16H20N2O. The molecule has 0 atom stereocenters. The lowest BCUT2D eigenvalue weighted by Crippen LogP contribution is -2.40. The molecule has 3 heteroatoms. The molecule has 2 aliphatic rings. The molecule has 0 aromatic heterocycles. The van der Waals surface area contributed by atoms with Gasteiger partial charge in [0.05, 0.1) is 6.54 Å². The van der Waals surface area contributed by atoms with Crippen molar-refractivity contribution in [3.8, 4) is 0 Å². The zero-order valence-electron chi connectivity index (χ0n) is 11.4. The summed E-state index contributed by atoms with van der Waals surface area (Å²) in [6.45, 7) is 3.61. The summed E-state index contributed by atoms with van der Waals surface area (Å²) in [5, 5.41) is 0. The van der Waals surface area contributed by atoms with Crippen LogP contribution in [-0.4, -0.2) is 42.3 Å². The summed E-state index contributed by atoms with van der Waals surface area (Å²) in [4.78, 5) is 16.3. The van der Waals surface area contributed by atoms with Gasteiger partial charge < -0.3 is 4.90 Å². The van der Waals surface area contributed by atoms with E-state index in [0.717, 1.165) is 26.1 Å². The van der Waals surface area contributed by atoms with Crippen molar-refractivity contribution in [1.29, 1.82) is 0 Å². The number of carbonyl (C=O) groups excluding carboxylic acids is 1. The Balaban J connectivity index is 1.71. The highest BCUT2D eigenvalue weighted by Gasteiger charge is 2.27. The number of nitrogens with zero attached hydrogens (tertiary/aromatic N) is 2. The van der Waals surface area contributed by atoms with Crippen LogP contribution in [0.4, 0.5) is 0 Å². The van der Waals surface area contributed by atoms with E-state index in [1.54, 1.807) is 0 Å². The molecule has 0 N–H and O–H groups in total. The Morgan fingerprint density at radius 3 is 2.74 bits per heavy atom. The van der Waals surface area contributed by atoms with E-state index in [9.17, 15) is 4.79 Å². The monoisotopic (exact) mass is 256 g/mol. The summed E-state index contributed by atoms with van der Waals surface area (Å²) in [6.07, 6.45) is 1.73. The van der Waals surface area contributed by atoms with E-state index in [2.05, 4.69) is 40.1 Å². The largest absolute Gasteiger partial charge is 0.370 e. The van der Waals surface area contributed by atoms with Gasteiger partial charge in [0.2, 0.25) is 0 Å². The Morgan fingerprint density at radius 1 is 1.16 bits per heavy atom. The summed E-state index contributed by atoms with van der Waals surface area (Å²) in [7, 11) is 2.04. The topological polar surface area (TPSA) is 23.6 Å². The van der Waals surface area contributed by atoms with Gasteiger partial charge >= 0.3 is 0 Å². The number of benzene rings is 1. The maximum atomic E-state index is 11.7. The normalized spacial score (nSPS) is 20.7. The molecule has 1 aromatic rings. The van der Waals surface area contributed by atoms with E-state index in [1.807, 2.05) is 7.05 Å². The van der Waals surface area contributed by atoms with Crippen molar-refractivity contribution in [1.82, 2.24) is 9.80 Å².